The second kappa shape index (κ2) is 8.98. The van der Waals surface area contributed by atoms with Gasteiger partial charge in [0.15, 0.2) is 5.96 Å². The van der Waals surface area contributed by atoms with Crippen molar-refractivity contribution in [2.24, 2.45) is 4.99 Å². The van der Waals surface area contributed by atoms with E-state index in [1.165, 1.54) is 0 Å². The van der Waals surface area contributed by atoms with Gasteiger partial charge in [-0.05, 0) is 38.5 Å². The molecule has 3 N–H and O–H groups in total. The summed E-state index contributed by atoms with van der Waals surface area (Å²) >= 11 is 5.84. The summed E-state index contributed by atoms with van der Waals surface area (Å²) in [4.78, 5) is 4.47. The molecule has 1 atom stereocenters. The fourth-order valence-electron chi connectivity index (χ4n) is 1.67. The van der Waals surface area contributed by atoms with Crippen molar-refractivity contribution in [2.45, 2.75) is 32.5 Å². The maximum atomic E-state index is 10.2. The molecule has 5 nitrogen and oxygen atoms in total. The van der Waals surface area contributed by atoms with Crippen LogP contribution in [0.15, 0.2) is 29.3 Å². The number of aliphatic hydroxyl groups is 1. The van der Waals surface area contributed by atoms with Crippen molar-refractivity contribution in [3.8, 4) is 0 Å². The molecule has 1 unspecified atom stereocenters. The largest absolute Gasteiger partial charge is 0.387 e. The molecule has 0 aliphatic heterocycles. The molecular weight excluding hydrogens is 302 g/mol. The third kappa shape index (κ3) is 6.64. The van der Waals surface area contributed by atoms with E-state index in [4.69, 9.17) is 16.3 Å². The van der Waals surface area contributed by atoms with Crippen LogP contribution in [-0.4, -0.2) is 43.4 Å². The molecule has 124 valence electrons. The standard InChI is InChI=1S/C16H26ClN3O2/c1-5-18-15(20-11-16(2,3)22-4)19-10-14(21)12-6-8-13(17)9-7-12/h6-9,14,21H,5,10-11H2,1-4H3,(H2,18,19,20). The lowest BCUT2D eigenvalue weighted by Crippen LogP contribution is -2.40. The van der Waals surface area contributed by atoms with E-state index in [1.807, 2.05) is 32.9 Å². The summed E-state index contributed by atoms with van der Waals surface area (Å²) in [5.74, 6) is 0.653. The van der Waals surface area contributed by atoms with Gasteiger partial charge in [-0.2, -0.15) is 0 Å². The molecule has 1 rings (SSSR count). The van der Waals surface area contributed by atoms with E-state index in [-0.39, 0.29) is 5.60 Å². The van der Waals surface area contributed by atoms with Gasteiger partial charge in [-0.15, -0.1) is 0 Å². The summed E-state index contributed by atoms with van der Waals surface area (Å²) in [7, 11) is 1.67. The van der Waals surface area contributed by atoms with Gasteiger partial charge in [0.25, 0.3) is 0 Å². The lowest BCUT2D eigenvalue weighted by molar-refractivity contribution is 0.0310. The van der Waals surface area contributed by atoms with E-state index < -0.39 is 6.10 Å². The number of hydrogen-bond donors (Lipinski definition) is 3. The number of hydrogen-bond acceptors (Lipinski definition) is 3. The molecule has 0 aromatic heterocycles. The minimum absolute atomic E-state index is 0.322. The summed E-state index contributed by atoms with van der Waals surface area (Å²) in [5, 5.41) is 17.1. The molecule has 0 aliphatic carbocycles. The van der Waals surface area contributed by atoms with Crippen LogP contribution in [0.5, 0.6) is 0 Å². The number of halogens is 1. The first-order valence-corrected chi connectivity index (χ1v) is 7.76. The molecule has 22 heavy (non-hydrogen) atoms. The SMILES string of the molecule is CCNC(=NCC(C)(C)OC)NCC(O)c1ccc(Cl)cc1. The van der Waals surface area contributed by atoms with Crippen molar-refractivity contribution < 1.29 is 9.84 Å². The van der Waals surface area contributed by atoms with Crippen LogP contribution in [0.25, 0.3) is 0 Å². The van der Waals surface area contributed by atoms with Crippen molar-refractivity contribution >= 4 is 17.6 Å². The first-order chi connectivity index (χ1) is 10.4. The lowest BCUT2D eigenvalue weighted by Gasteiger charge is -2.21. The normalized spacial score (nSPS) is 13.8. The number of nitrogens with one attached hydrogen (secondary N) is 2. The van der Waals surface area contributed by atoms with Crippen molar-refractivity contribution in [1.82, 2.24) is 10.6 Å². The number of aliphatic hydroxyl groups excluding tert-OH is 1. The second-order valence-electron chi connectivity index (χ2n) is 5.61. The van der Waals surface area contributed by atoms with Gasteiger partial charge in [0, 0.05) is 25.2 Å². The first kappa shape index (κ1) is 18.7. The number of nitrogens with zero attached hydrogens (tertiary/aromatic N) is 1. The van der Waals surface area contributed by atoms with Crippen LogP contribution in [0.2, 0.25) is 5.02 Å². The smallest absolute Gasteiger partial charge is 0.191 e. The molecule has 1 aromatic carbocycles. The lowest BCUT2D eigenvalue weighted by atomic mass is 10.1. The molecule has 0 saturated carbocycles. The highest BCUT2D eigenvalue weighted by molar-refractivity contribution is 6.30. The number of rotatable bonds is 7. The Kier molecular flexibility index (Phi) is 7.65. The van der Waals surface area contributed by atoms with Gasteiger partial charge >= 0.3 is 0 Å². The zero-order valence-electron chi connectivity index (χ0n) is 13.7. The van der Waals surface area contributed by atoms with Crippen molar-refractivity contribution in [1.29, 1.82) is 0 Å². The second-order valence-corrected chi connectivity index (χ2v) is 6.04. The maximum absolute atomic E-state index is 10.2. The van der Waals surface area contributed by atoms with Gasteiger partial charge in [0.2, 0.25) is 0 Å². The molecule has 0 amide bonds. The molecule has 0 bridgehead atoms. The van der Waals surface area contributed by atoms with Gasteiger partial charge in [0.1, 0.15) is 0 Å². The summed E-state index contributed by atoms with van der Waals surface area (Å²) < 4.78 is 5.35. The zero-order valence-corrected chi connectivity index (χ0v) is 14.4. The van der Waals surface area contributed by atoms with Crippen LogP contribution in [0, 0.1) is 0 Å². The molecule has 0 spiro atoms. The Morgan fingerprint density at radius 2 is 1.95 bits per heavy atom. The number of ether oxygens (including phenoxy) is 1. The highest BCUT2D eigenvalue weighted by atomic mass is 35.5. The van der Waals surface area contributed by atoms with Crippen LogP contribution in [0.3, 0.4) is 0 Å². The molecule has 0 fully saturated rings. The minimum Gasteiger partial charge on any atom is -0.387 e. The Bertz CT molecular complexity index is 475. The molecular formula is C16H26ClN3O2. The molecule has 0 heterocycles. The predicted octanol–water partition coefficient (Wildman–Crippen LogP) is 2.35. The van der Waals surface area contributed by atoms with Crippen LogP contribution in [-0.2, 0) is 4.74 Å². The van der Waals surface area contributed by atoms with Gasteiger partial charge in [0.05, 0.1) is 18.2 Å². The Balaban J connectivity index is 2.59. The third-order valence-electron chi connectivity index (χ3n) is 3.23. The molecule has 0 aliphatic rings. The molecule has 1 aromatic rings. The molecule has 0 saturated heterocycles. The van der Waals surface area contributed by atoms with Gasteiger partial charge in [-0.1, -0.05) is 23.7 Å². The maximum Gasteiger partial charge on any atom is 0.191 e. The van der Waals surface area contributed by atoms with E-state index in [9.17, 15) is 5.11 Å². The van der Waals surface area contributed by atoms with Gasteiger partial charge < -0.3 is 20.5 Å². The van der Waals surface area contributed by atoms with Gasteiger partial charge in [-0.3, -0.25) is 4.99 Å². The van der Waals surface area contributed by atoms with Crippen LogP contribution >= 0.6 is 11.6 Å². The predicted molar refractivity (Wildman–Crippen MR) is 91.5 cm³/mol. The van der Waals surface area contributed by atoms with Crippen molar-refractivity contribution in [3.63, 3.8) is 0 Å². The minimum atomic E-state index is -0.628. The first-order valence-electron chi connectivity index (χ1n) is 7.39. The quantitative estimate of drug-likeness (QED) is 0.531. The number of methoxy groups -OCH3 is 1. The summed E-state index contributed by atoms with van der Waals surface area (Å²) in [6, 6.07) is 7.15. The highest BCUT2D eigenvalue weighted by Crippen LogP contribution is 2.15. The third-order valence-corrected chi connectivity index (χ3v) is 3.48. The summed E-state index contributed by atoms with van der Waals surface area (Å²) in [5.41, 5.74) is 0.488. The van der Waals surface area contributed by atoms with Crippen LogP contribution in [0.4, 0.5) is 0 Å². The van der Waals surface area contributed by atoms with Crippen molar-refractivity contribution in [2.75, 3.05) is 26.7 Å². The van der Waals surface area contributed by atoms with E-state index in [2.05, 4.69) is 15.6 Å². The molecule has 0 radical (unpaired) electrons. The topological polar surface area (TPSA) is 65.9 Å². The highest BCUT2D eigenvalue weighted by Gasteiger charge is 2.16. The zero-order chi connectivity index (χ0) is 16.6. The van der Waals surface area contributed by atoms with E-state index >= 15 is 0 Å². The monoisotopic (exact) mass is 327 g/mol. The van der Waals surface area contributed by atoms with Crippen LogP contribution < -0.4 is 10.6 Å². The van der Waals surface area contributed by atoms with E-state index in [0.29, 0.717) is 24.1 Å². The van der Waals surface area contributed by atoms with Gasteiger partial charge in [-0.25, -0.2) is 0 Å². The Labute approximate surface area is 137 Å². The van der Waals surface area contributed by atoms with E-state index in [0.717, 1.165) is 12.1 Å². The number of benzene rings is 1. The fraction of sp³-hybridized carbons (Fsp3) is 0.562. The average Bonchev–Trinajstić information content (AvgIpc) is 2.50. The number of aliphatic imine (C=N–C) groups is 1. The number of guanidine groups is 1. The Morgan fingerprint density at radius 3 is 2.50 bits per heavy atom. The fourth-order valence-corrected chi connectivity index (χ4v) is 1.80. The summed E-state index contributed by atoms with van der Waals surface area (Å²) in [6.07, 6.45) is -0.628. The Hall–Kier alpha value is -1.30. The van der Waals surface area contributed by atoms with Crippen LogP contribution in [0.1, 0.15) is 32.4 Å². The molecule has 6 heteroatoms. The summed E-state index contributed by atoms with van der Waals surface area (Å²) in [6.45, 7) is 7.58. The van der Waals surface area contributed by atoms with E-state index in [1.54, 1.807) is 19.2 Å². The Morgan fingerprint density at radius 1 is 1.32 bits per heavy atom. The van der Waals surface area contributed by atoms with Crippen molar-refractivity contribution in [3.05, 3.63) is 34.9 Å². The average molecular weight is 328 g/mol.